The van der Waals surface area contributed by atoms with E-state index in [2.05, 4.69) is 26.0 Å². The van der Waals surface area contributed by atoms with E-state index >= 15 is 0 Å². The zero-order chi connectivity index (χ0) is 19.4. The molecule has 0 saturated heterocycles. The Morgan fingerprint density at radius 2 is 1.56 bits per heavy atom. The topological polar surface area (TPSA) is 75.3 Å². The number of benzene rings is 3. The lowest BCUT2D eigenvalue weighted by molar-refractivity contribution is 0.102. The van der Waals surface area contributed by atoms with Gasteiger partial charge in [0.15, 0.2) is 0 Å². The molecule has 0 radical (unpaired) electrons. The van der Waals surface area contributed by atoms with Crippen LogP contribution in [0.4, 0.5) is 15.8 Å². The van der Waals surface area contributed by atoms with Crippen molar-refractivity contribution >= 4 is 43.2 Å². The Labute approximate surface area is 164 Å². The zero-order valence-corrected chi connectivity index (χ0v) is 16.2. The third-order valence-corrected chi connectivity index (χ3v) is 5.51. The predicted octanol–water partition coefficient (Wildman–Crippen LogP) is 4.64. The van der Waals surface area contributed by atoms with E-state index in [1.54, 1.807) is 36.4 Å². The van der Waals surface area contributed by atoms with Gasteiger partial charge in [-0.3, -0.25) is 9.52 Å². The average Bonchev–Trinajstić information content (AvgIpc) is 2.62. The first-order valence-electron chi connectivity index (χ1n) is 7.79. The second-order valence-corrected chi connectivity index (χ2v) is 8.17. The molecular formula is C19H14BrFN2O3S. The molecule has 5 nitrogen and oxygen atoms in total. The summed E-state index contributed by atoms with van der Waals surface area (Å²) in [7, 11) is -3.75. The van der Waals surface area contributed by atoms with Gasteiger partial charge >= 0.3 is 0 Å². The molecule has 0 spiro atoms. The first kappa shape index (κ1) is 19.1. The van der Waals surface area contributed by atoms with Crippen LogP contribution in [-0.4, -0.2) is 14.3 Å². The van der Waals surface area contributed by atoms with Gasteiger partial charge in [0, 0.05) is 15.8 Å². The van der Waals surface area contributed by atoms with Crippen molar-refractivity contribution in [2.45, 2.75) is 4.90 Å². The summed E-state index contributed by atoms with van der Waals surface area (Å²) in [4.78, 5) is 12.2. The van der Waals surface area contributed by atoms with E-state index in [0.717, 1.165) is 0 Å². The van der Waals surface area contributed by atoms with Gasteiger partial charge in [0.2, 0.25) is 0 Å². The quantitative estimate of drug-likeness (QED) is 0.596. The summed E-state index contributed by atoms with van der Waals surface area (Å²) in [6.45, 7) is 0. The Balaban J connectivity index is 1.74. The van der Waals surface area contributed by atoms with Crippen LogP contribution in [0.5, 0.6) is 0 Å². The van der Waals surface area contributed by atoms with Gasteiger partial charge < -0.3 is 5.32 Å². The molecule has 1 amide bonds. The molecule has 0 aromatic heterocycles. The minimum atomic E-state index is -3.75. The molecule has 0 unspecified atom stereocenters. The number of halogens is 2. The molecular weight excluding hydrogens is 435 g/mol. The average molecular weight is 449 g/mol. The Bertz CT molecular complexity index is 1070. The Hall–Kier alpha value is -2.71. The SMILES string of the molecule is O=C(Nc1ccc(S(=O)(=O)Nc2ccccc2)cc1)c1ccc(Br)cc1F. The molecule has 0 bridgehead atoms. The van der Waals surface area contributed by atoms with Crippen LogP contribution in [0.1, 0.15) is 10.4 Å². The largest absolute Gasteiger partial charge is 0.322 e. The molecule has 3 aromatic carbocycles. The highest BCUT2D eigenvalue weighted by molar-refractivity contribution is 9.10. The maximum absolute atomic E-state index is 13.9. The van der Waals surface area contributed by atoms with Crippen molar-refractivity contribution in [3.8, 4) is 0 Å². The van der Waals surface area contributed by atoms with Crippen molar-refractivity contribution in [1.29, 1.82) is 0 Å². The van der Waals surface area contributed by atoms with Crippen molar-refractivity contribution in [2.24, 2.45) is 0 Å². The minimum absolute atomic E-state index is 0.0409. The van der Waals surface area contributed by atoms with E-state index in [0.29, 0.717) is 15.8 Å². The number of carbonyl (C=O) groups is 1. The van der Waals surface area contributed by atoms with Crippen molar-refractivity contribution < 1.29 is 17.6 Å². The molecule has 0 saturated carbocycles. The molecule has 0 heterocycles. The van der Waals surface area contributed by atoms with Gasteiger partial charge in [-0.1, -0.05) is 34.1 Å². The van der Waals surface area contributed by atoms with E-state index in [1.807, 2.05) is 0 Å². The fourth-order valence-corrected chi connectivity index (χ4v) is 3.70. The number of sulfonamides is 1. The maximum Gasteiger partial charge on any atom is 0.261 e. The summed E-state index contributed by atoms with van der Waals surface area (Å²) in [5.74, 6) is -1.29. The number of hydrogen-bond acceptors (Lipinski definition) is 3. The van der Waals surface area contributed by atoms with Gasteiger partial charge in [-0.05, 0) is 54.6 Å². The normalized spacial score (nSPS) is 11.0. The fourth-order valence-electron chi connectivity index (χ4n) is 2.31. The molecule has 138 valence electrons. The van der Waals surface area contributed by atoms with Crippen LogP contribution in [-0.2, 0) is 10.0 Å². The first-order chi connectivity index (χ1) is 12.8. The minimum Gasteiger partial charge on any atom is -0.322 e. The summed E-state index contributed by atoms with van der Waals surface area (Å²) in [6.07, 6.45) is 0. The number of anilines is 2. The molecule has 0 atom stereocenters. The highest BCUT2D eigenvalue weighted by Gasteiger charge is 2.15. The third-order valence-electron chi connectivity index (χ3n) is 3.62. The summed E-state index contributed by atoms with van der Waals surface area (Å²) in [5.41, 5.74) is 0.683. The lowest BCUT2D eigenvalue weighted by atomic mass is 10.2. The van der Waals surface area contributed by atoms with E-state index in [1.165, 1.54) is 36.4 Å². The van der Waals surface area contributed by atoms with E-state index in [9.17, 15) is 17.6 Å². The number of para-hydroxylation sites is 1. The zero-order valence-electron chi connectivity index (χ0n) is 13.8. The summed E-state index contributed by atoms with van der Waals surface area (Å²) < 4.78 is 41.6. The van der Waals surface area contributed by atoms with Gasteiger partial charge in [0.25, 0.3) is 15.9 Å². The molecule has 0 fully saturated rings. The summed E-state index contributed by atoms with van der Waals surface area (Å²) >= 11 is 3.13. The van der Waals surface area contributed by atoms with Crippen LogP contribution in [0.15, 0.2) is 82.2 Å². The van der Waals surface area contributed by atoms with Crippen LogP contribution in [0.3, 0.4) is 0 Å². The number of nitrogens with one attached hydrogen (secondary N) is 2. The van der Waals surface area contributed by atoms with Crippen molar-refractivity contribution in [1.82, 2.24) is 0 Å². The monoisotopic (exact) mass is 448 g/mol. The van der Waals surface area contributed by atoms with E-state index in [4.69, 9.17) is 0 Å². The highest BCUT2D eigenvalue weighted by Crippen LogP contribution is 2.20. The Morgan fingerprint density at radius 1 is 0.889 bits per heavy atom. The Morgan fingerprint density at radius 3 is 2.19 bits per heavy atom. The fraction of sp³-hybridized carbons (Fsp3) is 0. The lowest BCUT2D eigenvalue weighted by Crippen LogP contribution is -2.15. The highest BCUT2D eigenvalue weighted by atomic mass is 79.9. The molecule has 3 rings (SSSR count). The molecule has 2 N–H and O–H groups in total. The maximum atomic E-state index is 13.9. The standard InChI is InChI=1S/C19H14BrFN2O3S/c20-13-6-11-17(18(21)12-13)19(24)22-14-7-9-16(10-8-14)27(25,26)23-15-4-2-1-3-5-15/h1-12,23H,(H,22,24). The summed E-state index contributed by atoms with van der Waals surface area (Å²) in [6, 6.07) is 18.2. The number of rotatable bonds is 5. The van der Waals surface area contributed by atoms with Crippen molar-refractivity contribution in [3.05, 3.63) is 88.6 Å². The molecule has 0 aliphatic rings. The van der Waals surface area contributed by atoms with Gasteiger partial charge in [-0.15, -0.1) is 0 Å². The molecule has 0 aliphatic carbocycles. The molecule has 27 heavy (non-hydrogen) atoms. The van der Waals surface area contributed by atoms with Gasteiger partial charge in [0.05, 0.1) is 10.5 Å². The predicted molar refractivity (Wildman–Crippen MR) is 106 cm³/mol. The first-order valence-corrected chi connectivity index (χ1v) is 10.1. The van der Waals surface area contributed by atoms with Gasteiger partial charge in [-0.2, -0.15) is 0 Å². The molecule has 0 aliphatic heterocycles. The van der Waals surface area contributed by atoms with E-state index < -0.39 is 21.7 Å². The smallest absolute Gasteiger partial charge is 0.261 e. The van der Waals surface area contributed by atoms with Crippen LogP contribution < -0.4 is 10.0 Å². The number of carbonyl (C=O) groups excluding carboxylic acids is 1. The molecule has 8 heteroatoms. The lowest BCUT2D eigenvalue weighted by Gasteiger charge is -2.10. The van der Waals surface area contributed by atoms with Crippen LogP contribution in [0.2, 0.25) is 0 Å². The van der Waals surface area contributed by atoms with Crippen molar-refractivity contribution in [3.63, 3.8) is 0 Å². The number of hydrogen-bond donors (Lipinski definition) is 2. The number of amides is 1. The van der Waals surface area contributed by atoms with Crippen molar-refractivity contribution in [2.75, 3.05) is 10.0 Å². The molecule has 3 aromatic rings. The van der Waals surface area contributed by atoms with E-state index in [-0.39, 0.29) is 10.5 Å². The second-order valence-electron chi connectivity index (χ2n) is 5.57. The van der Waals surface area contributed by atoms with Gasteiger partial charge in [0.1, 0.15) is 5.82 Å². The van der Waals surface area contributed by atoms with Gasteiger partial charge in [-0.25, -0.2) is 12.8 Å². The van der Waals surface area contributed by atoms with Crippen LogP contribution in [0, 0.1) is 5.82 Å². The Kier molecular flexibility index (Phi) is 5.57. The third kappa shape index (κ3) is 4.72. The van der Waals surface area contributed by atoms with Crippen LogP contribution >= 0.6 is 15.9 Å². The second kappa shape index (κ2) is 7.89. The summed E-state index contributed by atoms with van der Waals surface area (Å²) in [5, 5.41) is 2.54. The van der Waals surface area contributed by atoms with Crippen LogP contribution in [0.25, 0.3) is 0 Å².